The van der Waals surface area contributed by atoms with E-state index in [1.807, 2.05) is 0 Å². The predicted octanol–water partition coefficient (Wildman–Crippen LogP) is 3.61. The highest BCUT2D eigenvalue weighted by Gasteiger charge is 2.11. The summed E-state index contributed by atoms with van der Waals surface area (Å²) in [6, 6.07) is 12.3. The minimum atomic E-state index is -0.319. The molecule has 0 radical (unpaired) electrons. The number of methoxy groups -OCH3 is 2. The largest absolute Gasteiger partial charge is 0.497 e. The van der Waals surface area contributed by atoms with Crippen LogP contribution in [0.15, 0.2) is 46.9 Å². The van der Waals surface area contributed by atoms with E-state index in [1.165, 1.54) is 0 Å². The summed E-state index contributed by atoms with van der Waals surface area (Å²) >= 11 is 8.57. The molecule has 0 bridgehead atoms. The van der Waals surface area contributed by atoms with Crippen molar-refractivity contribution in [2.45, 2.75) is 0 Å². The van der Waals surface area contributed by atoms with Gasteiger partial charge in [0, 0.05) is 18.4 Å². The summed E-state index contributed by atoms with van der Waals surface area (Å²) < 4.78 is 16.2. The number of thiocarbonyl (C=S) groups is 1. The quantitative estimate of drug-likeness (QED) is 0.508. The molecule has 0 heterocycles. The van der Waals surface area contributed by atoms with Crippen LogP contribution in [0.1, 0.15) is 10.4 Å². The van der Waals surface area contributed by atoms with Gasteiger partial charge in [-0.1, -0.05) is 0 Å². The van der Waals surface area contributed by atoms with Gasteiger partial charge in [-0.2, -0.15) is 0 Å². The fourth-order valence-corrected chi connectivity index (χ4v) is 2.71. The summed E-state index contributed by atoms with van der Waals surface area (Å²) in [6.45, 7) is 0.913. The summed E-state index contributed by atoms with van der Waals surface area (Å²) in [5, 5.41) is 5.79. The molecule has 0 aliphatic rings. The van der Waals surface area contributed by atoms with E-state index in [4.69, 9.17) is 26.4 Å². The van der Waals surface area contributed by atoms with Crippen molar-refractivity contribution >= 4 is 44.9 Å². The first-order valence-electron chi connectivity index (χ1n) is 7.71. The highest BCUT2D eigenvalue weighted by atomic mass is 79.9. The van der Waals surface area contributed by atoms with E-state index < -0.39 is 0 Å². The van der Waals surface area contributed by atoms with Gasteiger partial charge in [0.2, 0.25) is 0 Å². The first kappa shape index (κ1) is 20.2. The van der Waals surface area contributed by atoms with Crippen LogP contribution in [0.5, 0.6) is 11.5 Å². The predicted molar refractivity (Wildman–Crippen MR) is 108 cm³/mol. The third-order valence-electron chi connectivity index (χ3n) is 3.31. The van der Waals surface area contributed by atoms with E-state index in [1.54, 1.807) is 56.7 Å². The Balaban J connectivity index is 1.93. The Morgan fingerprint density at radius 3 is 2.46 bits per heavy atom. The summed E-state index contributed by atoms with van der Waals surface area (Å²) in [4.78, 5) is 12.3. The van der Waals surface area contributed by atoms with Gasteiger partial charge in [-0.25, -0.2) is 0 Å². The van der Waals surface area contributed by atoms with Gasteiger partial charge >= 0.3 is 0 Å². The van der Waals surface area contributed by atoms with E-state index in [0.717, 1.165) is 11.4 Å². The second-order valence-electron chi connectivity index (χ2n) is 5.12. The average molecular weight is 439 g/mol. The smallest absolute Gasteiger partial charge is 0.257 e. The van der Waals surface area contributed by atoms with Gasteiger partial charge < -0.3 is 19.5 Å². The molecule has 138 valence electrons. The number of ether oxygens (including phenoxy) is 3. The standard InChI is InChI=1S/C18H19BrN2O4S/c1-23-9-10-25-16-8-3-12(11-15(16)19)17(22)21-18(26)20-13-4-6-14(24-2)7-5-13/h3-8,11H,9-10H2,1-2H3,(H2,20,21,22,26). The lowest BCUT2D eigenvalue weighted by Gasteiger charge is -2.12. The number of rotatable bonds is 7. The number of nitrogens with one attached hydrogen (secondary N) is 2. The molecule has 2 N–H and O–H groups in total. The number of anilines is 1. The molecule has 0 fully saturated rings. The molecule has 6 nitrogen and oxygen atoms in total. The van der Waals surface area contributed by atoms with Crippen molar-refractivity contribution in [2.24, 2.45) is 0 Å². The van der Waals surface area contributed by atoms with Gasteiger partial charge in [0.15, 0.2) is 5.11 Å². The van der Waals surface area contributed by atoms with Gasteiger partial charge in [0.05, 0.1) is 18.2 Å². The van der Waals surface area contributed by atoms with Gasteiger partial charge in [0.1, 0.15) is 18.1 Å². The first-order chi connectivity index (χ1) is 12.5. The Morgan fingerprint density at radius 2 is 1.85 bits per heavy atom. The van der Waals surface area contributed by atoms with Crippen LogP contribution in [0, 0.1) is 0 Å². The molecule has 0 atom stereocenters. The Bertz CT molecular complexity index is 768. The molecule has 0 saturated heterocycles. The molecule has 2 aromatic rings. The van der Waals surface area contributed by atoms with Crippen molar-refractivity contribution in [1.29, 1.82) is 0 Å². The summed E-state index contributed by atoms with van der Waals surface area (Å²) in [5.41, 5.74) is 1.20. The lowest BCUT2D eigenvalue weighted by atomic mass is 10.2. The third-order valence-corrected chi connectivity index (χ3v) is 4.14. The molecular formula is C18H19BrN2O4S. The molecule has 0 spiro atoms. The summed E-state index contributed by atoms with van der Waals surface area (Å²) in [6.07, 6.45) is 0. The molecule has 2 rings (SSSR count). The van der Waals surface area contributed by atoms with E-state index in [-0.39, 0.29) is 11.0 Å². The SMILES string of the molecule is COCCOc1ccc(C(=O)NC(=S)Nc2ccc(OC)cc2)cc1Br. The van der Waals surface area contributed by atoms with Gasteiger partial charge in [0.25, 0.3) is 5.91 Å². The second-order valence-corrected chi connectivity index (χ2v) is 6.39. The Labute approximate surface area is 166 Å². The minimum Gasteiger partial charge on any atom is -0.497 e. The average Bonchev–Trinajstić information content (AvgIpc) is 2.63. The fourth-order valence-electron chi connectivity index (χ4n) is 2.01. The van der Waals surface area contributed by atoms with E-state index in [2.05, 4.69) is 26.6 Å². The van der Waals surface area contributed by atoms with Gasteiger partial charge in [-0.05, 0) is 70.6 Å². The van der Waals surface area contributed by atoms with Crippen LogP contribution in [0.4, 0.5) is 5.69 Å². The molecule has 0 aromatic heterocycles. The topological polar surface area (TPSA) is 68.8 Å². The highest BCUT2D eigenvalue weighted by Crippen LogP contribution is 2.26. The summed E-state index contributed by atoms with van der Waals surface area (Å²) in [7, 11) is 3.20. The minimum absolute atomic E-state index is 0.205. The first-order valence-corrected chi connectivity index (χ1v) is 8.91. The number of hydrogen-bond acceptors (Lipinski definition) is 5. The number of carbonyl (C=O) groups is 1. The Kier molecular flexibility index (Phi) is 7.83. The molecule has 1 amide bonds. The molecule has 8 heteroatoms. The van der Waals surface area contributed by atoms with E-state index in [9.17, 15) is 4.79 Å². The van der Waals surface area contributed by atoms with Gasteiger partial charge in [-0.3, -0.25) is 10.1 Å². The van der Waals surface area contributed by atoms with Crippen LogP contribution in [0.25, 0.3) is 0 Å². The maximum absolute atomic E-state index is 12.3. The van der Waals surface area contributed by atoms with Crippen LogP contribution in [0.3, 0.4) is 0 Å². The van der Waals surface area contributed by atoms with Crippen LogP contribution in [-0.2, 0) is 4.74 Å². The molecule has 0 aliphatic heterocycles. The molecule has 0 saturated carbocycles. The number of amides is 1. The van der Waals surface area contributed by atoms with E-state index in [0.29, 0.717) is 29.0 Å². The third kappa shape index (κ3) is 5.98. The van der Waals surface area contributed by atoms with Crippen molar-refractivity contribution in [3.8, 4) is 11.5 Å². The van der Waals surface area contributed by atoms with Crippen LogP contribution in [-0.4, -0.2) is 38.5 Å². The van der Waals surface area contributed by atoms with Crippen molar-refractivity contribution < 1.29 is 19.0 Å². The van der Waals surface area contributed by atoms with Crippen LogP contribution < -0.4 is 20.1 Å². The fraction of sp³-hybridized carbons (Fsp3) is 0.222. The van der Waals surface area contributed by atoms with Crippen molar-refractivity contribution in [2.75, 3.05) is 32.8 Å². The maximum atomic E-state index is 12.3. The van der Waals surface area contributed by atoms with Crippen LogP contribution in [0.2, 0.25) is 0 Å². The zero-order valence-corrected chi connectivity index (χ0v) is 16.8. The Hall–Kier alpha value is -2.16. The zero-order valence-electron chi connectivity index (χ0n) is 14.4. The lowest BCUT2D eigenvalue weighted by Crippen LogP contribution is -2.34. The maximum Gasteiger partial charge on any atom is 0.257 e. The molecular weight excluding hydrogens is 420 g/mol. The zero-order chi connectivity index (χ0) is 18.9. The summed E-state index contributed by atoms with van der Waals surface area (Å²) in [5.74, 6) is 1.06. The highest BCUT2D eigenvalue weighted by molar-refractivity contribution is 9.10. The number of carbonyl (C=O) groups excluding carboxylic acids is 1. The lowest BCUT2D eigenvalue weighted by molar-refractivity contribution is 0.0977. The molecule has 0 unspecified atom stereocenters. The number of benzene rings is 2. The van der Waals surface area contributed by atoms with Crippen molar-refractivity contribution in [1.82, 2.24) is 5.32 Å². The number of hydrogen-bond donors (Lipinski definition) is 2. The Morgan fingerprint density at radius 1 is 1.12 bits per heavy atom. The normalized spacial score (nSPS) is 10.1. The molecule has 26 heavy (non-hydrogen) atoms. The van der Waals surface area contributed by atoms with E-state index >= 15 is 0 Å². The van der Waals surface area contributed by atoms with Gasteiger partial charge in [-0.15, -0.1) is 0 Å². The monoisotopic (exact) mass is 438 g/mol. The van der Waals surface area contributed by atoms with Crippen molar-refractivity contribution in [3.05, 3.63) is 52.5 Å². The second kappa shape index (κ2) is 10.1. The molecule has 2 aromatic carbocycles. The van der Waals surface area contributed by atoms with Crippen molar-refractivity contribution in [3.63, 3.8) is 0 Å². The van der Waals surface area contributed by atoms with Crippen LogP contribution >= 0.6 is 28.1 Å². The number of halogens is 1. The molecule has 0 aliphatic carbocycles.